The SMILES string of the molecule is COC(=O)C=CC(=O)c1ccc(O)c(C(=O)O)c1. The first-order valence-corrected chi connectivity index (χ1v) is 4.82. The van der Waals surface area contributed by atoms with E-state index in [1.54, 1.807) is 0 Å². The summed E-state index contributed by atoms with van der Waals surface area (Å²) in [6.07, 6.45) is 1.89. The van der Waals surface area contributed by atoms with Crippen LogP contribution in [-0.4, -0.2) is 35.0 Å². The monoisotopic (exact) mass is 250 g/mol. The number of phenols is 1. The zero-order valence-corrected chi connectivity index (χ0v) is 9.41. The number of aromatic hydroxyl groups is 1. The van der Waals surface area contributed by atoms with Crippen molar-refractivity contribution in [1.82, 2.24) is 0 Å². The number of esters is 1. The van der Waals surface area contributed by atoms with Crippen LogP contribution in [0, 0.1) is 0 Å². The molecule has 0 saturated carbocycles. The van der Waals surface area contributed by atoms with E-state index in [0.717, 1.165) is 24.3 Å². The number of hydrogen-bond donors (Lipinski definition) is 2. The van der Waals surface area contributed by atoms with E-state index in [1.165, 1.54) is 13.2 Å². The zero-order valence-electron chi connectivity index (χ0n) is 9.41. The van der Waals surface area contributed by atoms with Gasteiger partial charge < -0.3 is 14.9 Å². The lowest BCUT2D eigenvalue weighted by Gasteiger charge is -2.01. The third kappa shape index (κ3) is 3.18. The summed E-state index contributed by atoms with van der Waals surface area (Å²) < 4.78 is 4.31. The van der Waals surface area contributed by atoms with Crippen LogP contribution >= 0.6 is 0 Å². The standard InChI is InChI=1S/C12H10O6/c1-18-11(15)5-4-9(13)7-2-3-10(14)8(6-7)12(16)17/h2-6,14H,1H3,(H,16,17). The first-order chi connectivity index (χ1) is 8.45. The largest absolute Gasteiger partial charge is 0.507 e. The number of benzene rings is 1. The van der Waals surface area contributed by atoms with Crippen molar-refractivity contribution in [3.8, 4) is 5.75 Å². The van der Waals surface area contributed by atoms with Crippen molar-refractivity contribution in [2.45, 2.75) is 0 Å². The molecule has 0 radical (unpaired) electrons. The molecule has 0 aromatic heterocycles. The fraction of sp³-hybridized carbons (Fsp3) is 0.0833. The molecule has 0 aliphatic rings. The van der Waals surface area contributed by atoms with E-state index in [4.69, 9.17) is 5.11 Å². The minimum Gasteiger partial charge on any atom is -0.507 e. The van der Waals surface area contributed by atoms with Gasteiger partial charge in [-0.2, -0.15) is 0 Å². The number of carboxylic acid groups (broad SMARTS) is 1. The predicted molar refractivity (Wildman–Crippen MR) is 60.6 cm³/mol. The summed E-state index contributed by atoms with van der Waals surface area (Å²) in [5.41, 5.74) is -0.335. The third-order valence-electron chi connectivity index (χ3n) is 2.08. The molecule has 18 heavy (non-hydrogen) atoms. The van der Waals surface area contributed by atoms with Gasteiger partial charge in [-0.05, 0) is 24.3 Å². The Hall–Kier alpha value is -2.63. The smallest absolute Gasteiger partial charge is 0.339 e. The Balaban J connectivity index is 3.01. The molecule has 1 aromatic carbocycles. The molecule has 0 fully saturated rings. The van der Waals surface area contributed by atoms with Crippen molar-refractivity contribution in [3.63, 3.8) is 0 Å². The number of hydrogen-bond acceptors (Lipinski definition) is 5. The van der Waals surface area contributed by atoms with Gasteiger partial charge in [-0.3, -0.25) is 4.79 Å². The molecule has 0 aliphatic carbocycles. The Morgan fingerprint density at radius 1 is 1.22 bits per heavy atom. The molecular weight excluding hydrogens is 240 g/mol. The molecule has 0 unspecified atom stereocenters. The molecule has 1 aromatic rings. The Bertz CT molecular complexity index is 529. The van der Waals surface area contributed by atoms with Gasteiger partial charge in [-0.25, -0.2) is 9.59 Å². The molecule has 0 aliphatic heterocycles. The average molecular weight is 250 g/mol. The number of ether oxygens (including phenoxy) is 1. The lowest BCUT2D eigenvalue weighted by Crippen LogP contribution is -2.02. The molecule has 1 rings (SSSR count). The van der Waals surface area contributed by atoms with Gasteiger partial charge in [0, 0.05) is 11.6 Å². The van der Waals surface area contributed by atoms with E-state index in [-0.39, 0.29) is 11.1 Å². The molecule has 0 heterocycles. The van der Waals surface area contributed by atoms with Crippen LogP contribution in [0.2, 0.25) is 0 Å². The summed E-state index contributed by atoms with van der Waals surface area (Å²) in [7, 11) is 1.17. The predicted octanol–water partition coefficient (Wildman–Crippen LogP) is 1.00. The maximum Gasteiger partial charge on any atom is 0.339 e. The summed E-state index contributed by atoms with van der Waals surface area (Å²) in [6.45, 7) is 0. The number of aromatic carboxylic acids is 1. The minimum atomic E-state index is -1.35. The number of rotatable bonds is 4. The number of carboxylic acids is 1. The number of allylic oxidation sites excluding steroid dienone is 1. The summed E-state index contributed by atoms with van der Waals surface area (Å²) >= 11 is 0. The van der Waals surface area contributed by atoms with Crippen LogP contribution in [0.5, 0.6) is 5.75 Å². The van der Waals surface area contributed by atoms with Gasteiger partial charge in [0.25, 0.3) is 0 Å². The Morgan fingerprint density at radius 3 is 2.44 bits per heavy atom. The molecule has 6 nitrogen and oxygen atoms in total. The molecular formula is C12H10O6. The number of carbonyl (C=O) groups excluding carboxylic acids is 2. The highest BCUT2D eigenvalue weighted by Gasteiger charge is 2.12. The molecule has 6 heteroatoms. The van der Waals surface area contributed by atoms with Gasteiger partial charge in [0.2, 0.25) is 0 Å². The van der Waals surface area contributed by atoms with Crippen molar-refractivity contribution < 1.29 is 29.3 Å². The van der Waals surface area contributed by atoms with Crippen LogP contribution in [-0.2, 0) is 9.53 Å². The summed E-state index contributed by atoms with van der Waals surface area (Å²) in [5, 5.41) is 18.0. The van der Waals surface area contributed by atoms with Gasteiger partial charge in [0.05, 0.1) is 7.11 Å². The molecule has 0 atom stereocenters. The number of ketones is 1. The molecule has 0 spiro atoms. The summed E-state index contributed by atoms with van der Waals surface area (Å²) in [4.78, 5) is 33.1. The Kier molecular flexibility index (Phi) is 4.20. The summed E-state index contributed by atoms with van der Waals surface area (Å²) in [6, 6.07) is 3.38. The molecule has 0 amide bonds. The van der Waals surface area contributed by atoms with Gasteiger partial charge in [-0.1, -0.05) is 0 Å². The minimum absolute atomic E-state index is 0.0466. The number of methoxy groups -OCH3 is 1. The first kappa shape index (κ1) is 13.4. The van der Waals surface area contributed by atoms with Crippen LogP contribution in [0.25, 0.3) is 0 Å². The molecule has 2 N–H and O–H groups in total. The van der Waals surface area contributed by atoms with E-state index in [9.17, 15) is 19.5 Å². The van der Waals surface area contributed by atoms with Gasteiger partial charge in [0.15, 0.2) is 5.78 Å². The van der Waals surface area contributed by atoms with E-state index >= 15 is 0 Å². The van der Waals surface area contributed by atoms with Crippen LogP contribution in [0.4, 0.5) is 0 Å². The molecule has 0 saturated heterocycles. The van der Waals surface area contributed by atoms with Crippen LogP contribution < -0.4 is 0 Å². The van der Waals surface area contributed by atoms with Crippen LogP contribution in [0.15, 0.2) is 30.4 Å². The van der Waals surface area contributed by atoms with Crippen molar-refractivity contribution in [2.75, 3.05) is 7.11 Å². The zero-order chi connectivity index (χ0) is 13.7. The van der Waals surface area contributed by atoms with E-state index in [2.05, 4.69) is 4.74 Å². The maximum absolute atomic E-state index is 11.6. The van der Waals surface area contributed by atoms with Crippen molar-refractivity contribution in [2.24, 2.45) is 0 Å². The fourth-order valence-corrected chi connectivity index (χ4v) is 1.17. The maximum atomic E-state index is 11.6. The van der Waals surface area contributed by atoms with Crippen molar-refractivity contribution in [3.05, 3.63) is 41.5 Å². The van der Waals surface area contributed by atoms with E-state index in [0.29, 0.717) is 0 Å². The second kappa shape index (κ2) is 5.62. The van der Waals surface area contributed by atoms with E-state index < -0.39 is 23.5 Å². The number of carbonyl (C=O) groups is 3. The van der Waals surface area contributed by atoms with Crippen molar-refractivity contribution in [1.29, 1.82) is 0 Å². The second-order valence-electron chi connectivity index (χ2n) is 3.26. The van der Waals surface area contributed by atoms with Crippen molar-refractivity contribution >= 4 is 17.7 Å². The first-order valence-electron chi connectivity index (χ1n) is 4.82. The quantitative estimate of drug-likeness (QED) is 0.469. The summed E-state index contributed by atoms with van der Waals surface area (Å²) in [5.74, 6) is -3.04. The van der Waals surface area contributed by atoms with Gasteiger partial charge in [0.1, 0.15) is 11.3 Å². The van der Waals surface area contributed by atoms with Gasteiger partial charge in [-0.15, -0.1) is 0 Å². The Labute approximate surface area is 102 Å². The third-order valence-corrected chi connectivity index (χ3v) is 2.08. The van der Waals surface area contributed by atoms with Gasteiger partial charge >= 0.3 is 11.9 Å². The molecule has 0 bridgehead atoms. The van der Waals surface area contributed by atoms with Crippen LogP contribution in [0.3, 0.4) is 0 Å². The Morgan fingerprint density at radius 2 is 1.89 bits per heavy atom. The highest BCUT2D eigenvalue weighted by Crippen LogP contribution is 2.18. The highest BCUT2D eigenvalue weighted by atomic mass is 16.5. The highest BCUT2D eigenvalue weighted by molar-refractivity contribution is 6.08. The molecule has 94 valence electrons. The van der Waals surface area contributed by atoms with Crippen LogP contribution in [0.1, 0.15) is 20.7 Å². The van der Waals surface area contributed by atoms with E-state index in [1.807, 2.05) is 0 Å². The second-order valence-corrected chi connectivity index (χ2v) is 3.26. The lowest BCUT2D eigenvalue weighted by molar-refractivity contribution is -0.134. The lowest BCUT2D eigenvalue weighted by atomic mass is 10.1. The average Bonchev–Trinajstić information content (AvgIpc) is 2.35. The fourth-order valence-electron chi connectivity index (χ4n) is 1.17. The normalized spacial score (nSPS) is 10.3. The topological polar surface area (TPSA) is 101 Å².